The summed E-state index contributed by atoms with van der Waals surface area (Å²) < 4.78 is 5.13. The van der Waals surface area contributed by atoms with Crippen molar-refractivity contribution in [1.29, 1.82) is 0 Å². The maximum absolute atomic E-state index is 12.3. The molecule has 0 bridgehead atoms. The fourth-order valence-electron chi connectivity index (χ4n) is 1.97. The van der Waals surface area contributed by atoms with Crippen LogP contribution in [0, 0.1) is 0 Å². The molecule has 0 amide bonds. The van der Waals surface area contributed by atoms with E-state index in [-0.39, 0.29) is 17.9 Å². The van der Waals surface area contributed by atoms with Gasteiger partial charge in [0.15, 0.2) is 6.29 Å². The SMILES string of the molecule is CCOC(=O)C1(c2ccc(O)c(C=O)c2)NC(C)=CS1. The van der Waals surface area contributed by atoms with Gasteiger partial charge in [0.05, 0.1) is 12.2 Å². The smallest absolute Gasteiger partial charge is 0.347 e. The van der Waals surface area contributed by atoms with Gasteiger partial charge in [0.1, 0.15) is 5.75 Å². The topological polar surface area (TPSA) is 75.6 Å². The summed E-state index contributed by atoms with van der Waals surface area (Å²) in [4.78, 5) is 22.1. The van der Waals surface area contributed by atoms with E-state index in [1.165, 1.54) is 23.9 Å². The average Bonchev–Trinajstić information content (AvgIpc) is 2.83. The second kappa shape index (κ2) is 5.58. The van der Waals surface area contributed by atoms with Gasteiger partial charge in [-0.15, -0.1) is 0 Å². The molecular weight excluding hydrogens is 278 g/mol. The Kier molecular flexibility index (Phi) is 4.04. The highest BCUT2D eigenvalue weighted by atomic mass is 32.2. The Morgan fingerprint density at radius 2 is 2.30 bits per heavy atom. The first-order valence-corrected chi connectivity index (χ1v) is 7.00. The summed E-state index contributed by atoms with van der Waals surface area (Å²) in [6.45, 7) is 3.84. The number of allylic oxidation sites excluding steroid dienone is 1. The largest absolute Gasteiger partial charge is 0.507 e. The minimum Gasteiger partial charge on any atom is -0.507 e. The molecule has 1 aromatic rings. The number of carbonyl (C=O) groups is 2. The van der Waals surface area contributed by atoms with E-state index in [0.717, 1.165) is 5.70 Å². The molecule has 1 aromatic carbocycles. The number of phenols is 1. The number of hydrogen-bond acceptors (Lipinski definition) is 6. The molecule has 2 rings (SSSR count). The first-order chi connectivity index (χ1) is 9.53. The van der Waals surface area contributed by atoms with E-state index in [1.807, 2.05) is 12.3 Å². The van der Waals surface area contributed by atoms with E-state index < -0.39 is 10.8 Å². The van der Waals surface area contributed by atoms with Crippen LogP contribution in [0.5, 0.6) is 5.75 Å². The second-order valence-electron chi connectivity index (χ2n) is 4.34. The Bertz CT molecular complexity index is 585. The molecule has 0 radical (unpaired) electrons. The maximum atomic E-state index is 12.3. The fraction of sp³-hybridized carbons (Fsp3) is 0.286. The van der Waals surface area contributed by atoms with Crippen LogP contribution in [0.25, 0.3) is 0 Å². The third kappa shape index (κ3) is 2.38. The molecular formula is C14H15NO4S. The number of esters is 1. The zero-order chi connectivity index (χ0) is 14.8. The third-order valence-electron chi connectivity index (χ3n) is 2.91. The molecule has 5 nitrogen and oxygen atoms in total. The molecule has 1 unspecified atom stereocenters. The van der Waals surface area contributed by atoms with Crippen molar-refractivity contribution in [3.8, 4) is 5.75 Å². The van der Waals surface area contributed by atoms with Crippen LogP contribution in [0.2, 0.25) is 0 Å². The van der Waals surface area contributed by atoms with Gasteiger partial charge < -0.3 is 15.2 Å². The number of aldehydes is 1. The summed E-state index contributed by atoms with van der Waals surface area (Å²) in [5, 5.41) is 14.5. The summed E-state index contributed by atoms with van der Waals surface area (Å²) in [6.07, 6.45) is 0.553. The number of benzene rings is 1. The van der Waals surface area contributed by atoms with E-state index in [4.69, 9.17) is 4.74 Å². The van der Waals surface area contributed by atoms with Crippen LogP contribution in [0.4, 0.5) is 0 Å². The Morgan fingerprint density at radius 1 is 1.55 bits per heavy atom. The lowest BCUT2D eigenvalue weighted by atomic mass is 10.0. The van der Waals surface area contributed by atoms with Crippen molar-refractivity contribution in [3.63, 3.8) is 0 Å². The molecule has 0 aliphatic carbocycles. The van der Waals surface area contributed by atoms with Gasteiger partial charge in [-0.3, -0.25) is 4.79 Å². The Labute approximate surface area is 121 Å². The lowest BCUT2D eigenvalue weighted by Gasteiger charge is -2.28. The van der Waals surface area contributed by atoms with Crippen LogP contribution in [-0.4, -0.2) is 24.0 Å². The van der Waals surface area contributed by atoms with Crippen LogP contribution < -0.4 is 5.32 Å². The third-order valence-corrected chi connectivity index (χ3v) is 4.24. The van der Waals surface area contributed by atoms with Crippen molar-refractivity contribution in [1.82, 2.24) is 5.32 Å². The van der Waals surface area contributed by atoms with Gasteiger partial charge in [0.25, 0.3) is 0 Å². The van der Waals surface area contributed by atoms with Gasteiger partial charge in [0.2, 0.25) is 4.87 Å². The summed E-state index contributed by atoms with van der Waals surface area (Å²) in [5.74, 6) is -0.545. The molecule has 1 atom stereocenters. The minimum absolute atomic E-state index is 0.115. The molecule has 1 aliphatic heterocycles. The average molecular weight is 293 g/mol. The molecule has 1 aliphatic rings. The maximum Gasteiger partial charge on any atom is 0.347 e. The number of carbonyl (C=O) groups excluding carboxylic acids is 2. The highest BCUT2D eigenvalue weighted by molar-refractivity contribution is 8.04. The monoisotopic (exact) mass is 293 g/mol. The van der Waals surface area contributed by atoms with E-state index in [9.17, 15) is 14.7 Å². The molecule has 0 saturated heterocycles. The Morgan fingerprint density at radius 3 is 2.85 bits per heavy atom. The summed E-state index contributed by atoms with van der Waals surface area (Å²) >= 11 is 1.28. The lowest BCUT2D eigenvalue weighted by molar-refractivity contribution is -0.147. The molecule has 0 saturated carbocycles. The fourth-order valence-corrected chi connectivity index (χ4v) is 3.02. The zero-order valence-corrected chi connectivity index (χ0v) is 12.0. The van der Waals surface area contributed by atoms with E-state index in [1.54, 1.807) is 13.0 Å². The number of phenolic OH excluding ortho intramolecular Hbond substituents is 1. The normalized spacial score (nSPS) is 21.0. The zero-order valence-electron chi connectivity index (χ0n) is 11.2. The quantitative estimate of drug-likeness (QED) is 0.654. The number of thioether (sulfide) groups is 1. The van der Waals surface area contributed by atoms with Crippen LogP contribution in [0.1, 0.15) is 29.8 Å². The molecule has 0 aromatic heterocycles. The van der Waals surface area contributed by atoms with E-state index in [0.29, 0.717) is 11.8 Å². The van der Waals surface area contributed by atoms with Crippen molar-refractivity contribution >= 4 is 24.0 Å². The van der Waals surface area contributed by atoms with Crippen molar-refractivity contribution in [2.45, 2.75) is 18.7 Å². The van der Waals surface area contributed by atoms with Crippen molar-refractivity contribution < 1.29 is 19.4 Å². The van der Waals surface area contributed by atoms with Crippen molar-refractivity contribution in [2.24, 2.45) is 0 Å². The van der Waals surface area contributed by atoms with Gasteiger partial charge in [-0.25, -0.2) is 4.79 Å². The molecule has 0 spiro atoms. The molecule has 0 fully saturated rings. The van der Waals surface area contributed by atoms with Gasteiger partial charge >= 0.3 is 5.97 Å². The molecule has 2 N–H and O–H groups in total. The van der Waals surface area contributed by atoms with Gasteiger partial charge in [-0.2, -0.15) is 0 Å². The first-order valence-electron chi connectivity index (χ1n) is 6.12. The predicted molar refractivity (Wildman–Crippen MR) is 76.3 cm³/mol. The van der Waals surface area contributed by atoms with Gasteiger partial charge in [-0.1, -0.05) is 17.8 Å². The standard InChI is InChI=1S/C14H15NO4S/c1-3-19-13(18)14(15-9(2)8-20-14)11-4-5-12(17)10(6-11)7-16/h4-8,15,17H,3H2,1-2H3. The highest BCUT2D eigenvalue weighted by Gasteiger charge is 2.45. The number of hydrogen-bond donors (Lipinski definition) is 2. The Hall–Kier alpha value is -1.95. The second-order valence-corrected chi connectivity index (χ2v) is 5.42. The molecule has 20 heavy (non-hydrogen) atoms. The number of aromatic hydroxyl groups is 1. The summed E-state index contributed by atoms with van der Waals surface area (Å²) in [5.41, 5.74) is 1.54. The number of ether oxygens (including phenoxy) is 1. The molecule has 6 heteroatoms. The molecule has 1 heterocycles. The van der Waals surface area contributed by atoms with Crippen molar-refractivity contribution in [2.75, 3.05) is 6.61 Å². The first kappa shape index (κ1) is 14.5. The predicted octanol–water partition coefficient (Wildman–Crippen LogP) is 2.12. The van der Waals surface area contributed by atoms with Gasteiger partial charge in [-0.05, 0) is 31.4 Å². The number of nitrogens with one attached hydrogen (secondary N) is 1. The summed E-state index contributed by atoms with van der Waals surface area (Å²) in [6, 6.07) is 4.49. The van der Waals surface area contributed by atoms with Crippen LogP contribution in [-0.2, 0) is 14.4 Å². The number of rotatable bonds is 4. The van der Waals surface area contributed by atoms with Crippen LogP contribution >= 0.6 is 11.8 Å². The Balaban J connectivity index is 2.47. The highest BCUT2D eigenvalue weighted by Crippen LogP contribution is 2.42. The van der Waals surface area contributed by atoms with E-state index >= 15 is 0 Å². The van der Waals surface area contributed by atoms with Crippen molar-refractivity contribution in [3.05, 3.63) is 40.4 Å². The molecule has 106 valence electrons. The summed E-state index contributed by atoms with van der Waals surface area (Å²) in [7, 11) is 0. The van der Waals surface area contributed by atoms with E-state index in [2.05, 4.69) is 5.32 Å². The minimum atomic E-state index is -1.11. The lowest BCUT2D eigenvalue weighted by Crippen LogP contribution is -2.43. The van der Waals surface area contributed by atoms with Gasteiger partial charge in [0, 0.05) is 11.3 Å². The van der Waals surface area contributed by atoms with Crippen LogP contribution in [0.15, 0.2) is 29.3 Å². The van der Waals surface area contributed by atoms with Crippen LogP contribution in [0.3, 0.4) is 0 Å².